The molecule has 586 valence electrons. The van der Waals surface area contributed by atoms with E-state index in [2.05, 4.69) is 36.0 Å². The van der Waals surface area contributed by atoms with Gasteiger partial charge in [-0.2, -0.15) is 13.2 Å². The first-order valence-corrected chi connectivity index (χ1v) is 36.3. The Bertz CT molecular complexity index is 3550. The summed E-state index contributed by atoms with van der Waals surface area (Å²) in [6, 6.07) is 25.7. The maximum Gasteiger partial charge on any atom is 1.00 e. The van der Waals surface area contributed by atoms with Crippen molar-refractivity contribution in [2.45, 2.75) is 183 Å². The predicted molar refractivity (Wildman–Crippen MR) is 354 cm³/mol. The summed E-state index contributed by atoms with van der Waals surface area (Å²) >= 11 is 0. The number of unbranched alkanes of at least 4 members (excludes halogenated alkanes) is 1. The Hall–Kier alpha value is -2.38. The van der Waals surface area contributed by atoms with Crippen LogP contribution in [0.1, 0.15) is 57.2 Å². The van der Waals surface area contributed by atoms with E-state index in [9.17, 15) is 31.9 Å². The van der Waals surface area contributed by atoms with E-state index in [0.717, 1.165) is 16.7 Å². The molecule has 3 aromatic rings. The van der Waals surface area contributed by atoms with E-state index in [0.29, 0.717) is 19.4 Å². The maximum absolute atomic E-state index is 11.0. The first-order valence-electron chi connectivity index (χ1n) is 32.2. The Labute approximate surface area is 716 Å². The molecule has 0 aliphatic carbocycles. The number of benzene rings is 3. The zero-order valence-electron chi connectivity index (χ0n) is 62.7. The Morgan fingerprint density at radius 3 is 1.05 bits per heavy atom. The van der Waals surface area contributed by atoms with Gasteiger partial charge in [-0.3, -0.25) is 20.1 Å². The summed E-state index contributed by atoms with van der Waals surface area (Å²) in [4.78, 5) is 9.33. The van der Waals surface area contributed by atoms with Gasteiger partial charge in [0, 0.05) is 40.0 Å². The molecule has 0 amide bonds. The monoisotopic (exact) mass is 1580 g/mol. The molecule has 6 unspecified atom stereocenters. The minimum Gasteiger partial charge on any atom is -0.726 e. The molecule has 9 rings (SSSR count). The predicted octanol–water partition coefficient (Wildman–Crippen LogP) is -13.0. The van der Waals surface area contributed by atoms with Gasteiger partial charge < -0.3 is 100 Å². The smallest absolute Gasteiger partial charge is 0.726 e. The quantitative estimate of drug-likeness (QED) is 0.00433. The summed E-state index contributed by atoms with van der Waals surface area (Å²) in [5.41, 5.74) is 32.1. The number of terminal acetylenes is 1. The van der Waals surface area contributed by atoms with Crippen molar-refractivity contribution >= 4 is 31.2 Å². The Morgan fingerprint density at radius 2 is 0.748 bits per heavy atom. The van der Waals surface area contributed by atoms with Crippen molar-refractivity contribution < 1.29 is 252 Å². The molecule has 0 spiro atoms. The number of hydrogen-bond acceptors (Lipinski definition) is 30. The van der Waals surface area contributed by atoms with Crippen LogP contribution in [0, 0.1) is 75.1 Å². The molecule has 0 bridgehead atoms. The van der Waals surface area contributed by atoms with Gasteiger partial charge >= 0.3 is 113 Å². The molecule has 48 heteroatoms. The normalized spacial score (nSPS) is 31.6. The molecule has 6 saturated heterocycles. The van der Waals surface area contributed by atoms with Crippen molar-refractivity contribution in [3.05, 3.63) is 178 Å². The van der Waals surface area contributed by atoms with Crippen LogP contribution in [0.2, 0.25) is 0 Å². The zero-order chi connectivity index (χ0) is 76.9. The van der Waals surface area contributed by atoms with Gasteiger partial charge in [-0.15, -0.1) is 18.3 Å². The van der Waals surface area contributed by atoms with E-state index < -0.39 is 186 Å². The van der Waals surface area contributed by atoms with Crippen LogP contribution in [-0.2, 0) is 122 Å². The minimum absolute atomic E-state index is 0. The van der Waals surface area contributed by atoms with E-state index in [4.69, 9.17) is 130 Å². The third-order valence-electron chi connectivity index (χ3n) is 16.5. The van der Waals surface area contributed by atoms with Gasteiger partial charge in [-0.05, 0) is 69.7 Å². The fraction of sp³-hybridized carbons (Fsp3) is 0.587. The molecule has 39 nitrogen and oxygen atoms in total. The molecular weight excluding hydrogens is 1500 g/mol. The molecule has 111 heavy (non-hydrogen) atoms. The molecule has 0 aromatic heterocycles. The van der Waals surface area contributed by atoms with E-state index in [1.807, 2.05) is 111 Å². The Balaban J connectivity index is 0.00000526. The van der Waals surface area contributed by atoms with E-state index in [-0.39, 0.29) is 145 Å². The number of ether oxygens (including phenoxy) is 15. The minimum atomic E-state index is -4.92. The van der Waals surface area contributed by atoms with Crippen LogP contribution in [0.15, 0.2) is 106 Å². The average Bonchev–Trinajstić information content (AvgIpc) is 0.791. The van der Waals surface area contributed by atoms with Crippen molar-refractivity contribution in [2.24, 2.45) is 39.0 Å². The van der Waals surface area contributed by atoms with Crippen molar-refractivity contribution in [3.63, 3.8) is 0 Å². The van der Waals surface area contributed by atoms with Crippen LogP contribution in [0.3, 0.4) is 0 Å². The Morgan fingerprint density at radius 1 is 0.459 bits per heavy atom. The van der Waals surface area contributed by atoms with Crippen LogP contribution >= 0.6 is 0 Å². The first kappa shape index (κ1) is 109. The van der Waals surface area contributed by atoms with Crippen molar-refractivity contribution in [1.29, 1.82) is 0 Å². The Kier molecular flexibility index (Phi) is 54.2. The number of aliphatic hydroxyl groups excluding tert-OH is 3. The number of rotatable bonds is 29. The molecule has 6 aliphatic rings. The number of hydrogen-bond donors (Lipinski definition) is 6. The summed E-state index contributed by atoms with van der Waals surface area (Å²) in [5.74, 6) is 0.621. The van der Waals surface area contributed by atoms with Gasteiger partial charge in [0.25, 0.3) is 0 Å². The standard InChI is InChI=1S/C63H79N9O18.6Li.3H2O4S/c1-6-7-17-24-76-61-55(67-70-64)38(3)58(47(28-73)83-61)89-53-26-45(78-33-42-20-13-9-14-21-42)50(35-81-53)87-63-57(69-72-66)40(5)60(49(30-75)85-63)90-54-27-46(79-34-43-22-15-10-16-23-43)51(36-82-54)86-62-56(68-71-65)39(4)59(48(29-74)84-62)88-52-25-44(37(2)31-80-52)77-32-41-18-11-8-12-19-41;;;;;;;3*1-5(2,3)4/h1,8-16,18-23,25-27,31,35-40,44-63,73-75H,7,17,24,28-30,32-34H2,2-5H3;;;;;;;3*(H2,1,2,3,4)/q-6;6*+1;;;/p-3/t37-,38+,39+,40+,44-,45-,46-,47?,48?,49?,50-,51-,52-,53-,54-,55?,56?,57?,58+,59+,60+,61+,62-,63-;;;;;;;;;/m0........./s1. The number of aliphatic hydroxyl groups is 3. The molecular formula is C63H82Li6N9O30S3-3. The van der Waals surface area contributed by atoms with Crippen LogP contribution in [-0.4, -0.2) is 217 Å². The van der Waals surface area contributed by atoms with Gasteiger partial charge in [-0.1, -0.05) is 152 Å². The third-order valence-corrected chi connectivity index (χ3v) is 16.5. The van der Waals surface area contributed by atoms with Crippen molar-refractivity contribution in [2.75, 3.05) is 26.4 Å². The second kappa shape index (κ2) is 55.4. The van der Waals surface area contributed by atoms with Crippen molar-refractivity contribution in [1.82, 2.24) is 0 Å². The molecule has 6 N–H and O–H groups in total. The van der Waals surface area contributed by atoms with Gasteiger partial charge in [0.1, 0.15) is 18.3 Å². The molecule has 6 aliphatic heterocycles. The molecule has 0 radical (unpaired) electrons. The van der Waals surface area contributed by atoms with E-state index >= 15 is 0 Å². The van der Waals surface area contributed by atoms with Gasteiger partial charge in [0.15, 0.2) is 18.9 Å². The van der Waals surface area contributed by atoms with Crippen LogP contribution in [0.5, 0.6) is 0 Å². The summed E-state index contributed by atoms with van der Waals surface area (Å²) in [5, 5.41) is 44.5. The summed E-state index contributed by atoms with van der Waals surface area (Å²) in [6.07, 6.45) is -5.09. The van der Waals surface area contributed by atoms with E-state index in [1.54, 1.807) is 33.3 Å². The average molecular weight is 1580 g/mol. The summed E-state index contributed by atoms with van der Waals surface area (Å²) < 4.78 is 194. The molecule has 6 heterocycles. The molecule has 6 fully saturated rings. The topological polar surface area (TPSA) is 578 Å². The second-order valence-electron chi connectivity index (χ2n) is 23.9. The van der Waals surface area contributed by atoms with Gasteiger partial charge in [-0.25, -0.2) is 44.7 Å². The van der Waals surface area contributed by atoms with Crippen LogP contribution in [0.25, 0.3) is 31.3 Å². The SMILES string of the molecule is C#CCCCO[C@@H]1OC(CO)[C@H](O[C@H]2[CH-][C@H](OCc3ccccc3)[C@@H](O[C@@H]3OC(CO)[C@H](O[C@H]4[CH-][C@H](OCc5ccccc5)[C@@H](O[C@@H]5OC(CO)[C@H](O[C@H]6[CH-][C@H](OCc7ccccc7)[C@@H](C)[CH-]O6)[C@H](C)C5N=[N+]=[N-])[CH-]O4)[C@H](C)C3N=[N+]=[N-])[CH-]O2)[C@H](C)C1N=[N+]=[N-].O=S(=O)([O-])O.O=S(=O)([O-])O.O=S(=O)([O-])O.[Li+].[Li+].[Li+].[Li+].[Li+].[Li+]. The first-order chi connectivity index (χ1) is 49.9. The number of azide groups is 3. The van der Waals surface area contributed by atoms with Gasteiger partial charge in [0.05, 0.1) is 82.7 Å². The summed E-state index contributed by atoms with van der Waals surface area (Å²) in [6.45, 7) is 11.0. The van der Waals surface area contributed by atoms with Crippen LogP contribution < -0.4 is 113 Å². The fourth-order valence-corrected chi connectivity index (χ4v) is 11.6. The largest absolute Gasteiger partial charge is 1.00 e. The molecule has 0 saturated carbocycles. The molecule has 24 atom stereocenters. The molecule has 3 aromatic carbocycles. The second-order valence-corrected chi connectivity index (χ2v) is 26.5. The number of nitrogens with zero attached hydrogens (tertiary/aromatic N) is 9. The van der Waals surface area contributed by atoms with E-state index in [1.165, 1.54) is 13.2 Å². The summed E-state index contributed by atoms with van der Waals surface area (Å²) in [7, 11) is -14.7. The third kappa shape index (κ3) is 38.5. The zero-order valence-corrected chi connectivity index (χ0v) is 65.1. The van der Waals surface area contributed by atoms with Gasteiger partial charge in [0.2, 0.25) is 31.2 Å². The van der Waals surface area contributed by atoms with Crippen molar-refractivity contribution in [3.8, 4) is 12.3 Å². The van der Waals surface area contributed by atoms with Crippen LogP contribution in [0.4, 0.5) is 0 Å². The fourth-order valence-electron chi connectivity index (χ4n) is 11.6. The maximum atomic E-state index is 11.0.